The Hall–Kier alpha value is -2.34. The van der Waals surface area contributed by atoms with Crippen LogP contribution in [0.25, 0.3) is 0 Å². The molecule has 0 saturated carbocycles. The third kappa shape index (κ3) is 4.14. The van der Waals surface area contributed by atoms with E-state index in [1.165, 1.54) is 4.31 Å². The summed E-state index contributed by atoms with van der Waals surface area (Å²) in [6.07, 6.45) is 0. The molecule has 0 bridgehead atoms. The first kappa shape index (κ1) is 18.0. The molecule has 5 nitrogen and oxygen atoms in total. The van der Waals surface area contributed by atoms with E-state index in [4.69, 9.17) is 0 Å². The summed E-state index contributed by atoms with van der Waals surface area (Å²) < 4.78 is 25.5. The molecule has 0 atom stereocenters. The molecule has 1 N–H and O–H groups in total. The van der Waals surface area contributed by atoms with Crippen molar-refractivity contribution in [3.63, 3.8) is 0 Å². The lowest BCUT2D eigenvalue weighted by molar-refractivity contribution is 0.102. The van der Waals surface area contributed by atoms with Crippen molar-refractivity contribution in [2.45, 2.75) is 20.8 Å². The highest BCUT2D eigenvalue weighted by atomic mass is 32.2. The van der Waals surface area contributed by atoms with Gasteiger partial charge in [0.15, 0.2) is 0 Å². The Kier molecular flexibility index (Phi) is 5.62. The molecule has 2 rings (SSSR count). The Morgan fingerprint density at radius 1 is 1.00 bits per heavy atom. The first-order chi connectivity index (χ1) is 11.4. The number of hydrogen-bond acceptors (Lipinski definition) is 3. The zero-order valence-corrected chi connectivity index (χ0v) is 14.9. The van der Waals surface area contributed by atoms with Crippen molar-refractivity contribution in [3.8, 4) is 0 Å². The Morgan fingerprint density at radius 2 is 1.58 bits per heavy atom. The third-order valence-electron chi connectivity index (χ3n) is 3.71. The van der Waals surface area contributed by atoms with Gasteiger partial charge in [0.25, 0.3) is 5.91 Å². The predicted octanol–water partition coefficient (Wildman–Crippen LogP) is 3.42. The lowest BCUT2D eigenvalue weighted by Gasteiger charge is -2.22. The molecule has 2 aromatic carbocycles. The molecular formula is C18H22N2O3S. The number of carbonyl (C=O) groups excluding carboxylic acids is 1. The van der Waals surface area contributed by atoms with E-state index in [0.29, 0.717) is 17.8 Å². The average molecular weight is 346 g/mol. The number of nitrogens with one attached hydrogen (secondary N) is 1. The SMILES string of the molecule is CCN(c1ccc(C(=O)Nc2ccc(C)cc2)cc1)S(=O)(=O)CC. The van der Waals surface area contributed by atoms with Crippen molar-refractivity contribution in [2.24, 2.45) is 0 Å². The first-order valence-corrected chi connectivity index (χ1v) is 9.46. The van der Waals surface area contributed by atoms with Crippen LogP contribution in [-0.4, -0.2) is 26.6 Å². The van der Waals surface area contributed by atoms with Gasteiger partial charge in [-0.2, -0.15) is 0 Å². The van der Waals surface area contributed by atoms with Gasteiger partial charge in [0.05, 0.1) is 11.4 Å². The molecule has 0 fully saturated rings. The number of hydrogen-bond donors (Lipinski definition) is 1. The summed E-state index contributed by atoms with van der Waals surface area (Å²) in [5.41, 5.74) is 2.88. The van der Waals surface area contributed by atoms with Gasteiger partial charge >= 0.3 is 0 Å². The summed E-state index contributed by atoms with van der Waals surface area (Å²) >= 11 is 0. The molecule has 0 aliphatic carbocycles. The van der Waals surface area contributed by atoms with E-state index in [-0.39, 0.29) is 11.7 Å². The van der Waals surface area contributed by atoms with E-state index < -0.39 is 10.0 Å². The molecule has 6 heteroatoms. The molecule has 0 aliphatic heterocycles. The first-order valence-electron chi connectivity index (χ1n) is 7.86. The Labute approximate surface area is 143 Å². The predicted molar refractivity (Wildman–Crippen MR) is 98.1 cm³/mol. The number of sulfonamides is 1. The third-order valence-corrected chi connectivity index (χ3v) is 5.58. The number of benzene rings is 2. The van der Waals surface area contributed by atoms with E-state index in [1.54, 1.807) is 38.1 Å². The van der Waals surface area contributed by atoms with E-state index in [1.807, 2.05) is 31.2 Å². The maximum atomic E-state index is 12.3. The Bertz CT molecular complexity index is 797. The number of amides is 1. The van der Waals surface area contributed by atoms with E-state index >= 15 is 0 Å². The van der Waals surface area contributed by atoms with Crippen molar-refractivity contribution >= 4 is 27.3 Å². The smallest absolute Gasteiger partial charge is 0.255 e. The van der Waals surface area contributed by atoms with Crippen LogP contribution in [0.5, 0.6) is 0 Å². The van der Waals surface area contributed by atoms with Crippen molar-refractivity contribution in [1.29, 1.82) is 0 Å². The normalized spacial score (nSPS) is 11.1. The van der Waals surface area contributed by atoms with Gasteiger partial charge < -0.3 is 5.32 Å². The van der Waals surface area contributed by atoms with Crippen molar-refractivity contribution in [1.82, 2.24) is 0 Å². The van der Waals surface area contributed by atoms with Crippen molar-refractivity contribution < 1.29 is 13.2 Å². The lowest BCUT2D eigenvalue weighted by Crippen LogP contribution is -2.32. The second-order valence-electron chi connectivity index (χ2n) is 5.43. The quantitative estimate of drug-likeness (QED) is 0.871. The zero-order chi connectivity index (χ0) is 17.7. The molecule has 0 aromatic heterocycles. The minimum atomic E-state index is -3.32. The average Bonchev–Trinajstić information content (AvgIpc) is 2.58. The largest absolute Gasteiger partial charge is 0.322 e. The van der Waals surface area contributed by atoms with Gasteiger partial charge in [0, 0.05) is 17.8 Å². The van der Waals surface area contributed by atoms with E-state index in [2.05, 4.69) is 5.32 Å². The maximum Gasteiger partial charge on any atom is 0.255 e. The number of carbonyl (C=O) groups is 1. The van der Waals surface area contributed by atoms with Crippen molar-refractivity contribution in [3.05, 3.63) is 59.7 Å². The van der Waals surface area contributed by atoms with Crippen LogP contribution in [0.1, 0.15) is 29.8 Å². The lowest BCUT2D eigenvalue weighted by atomic mass is 10.1. The molecule has 0 radical (unpaired) electrons. The highest BCUT2D eigenvalue weighted by molar-refractivity contribution is 7.92. The molecule has 24 heavy (non-hydrogen) atoms. The van der Waals surface area contributed by atoms with E-state index in [9.17, 15) is 13.2 Å². The molecule has 0 saturated heterocycles. The monoisotopic (exact) mass is 346 g/mol. The summed E-state index contributed by atoms with van der Waals surface area (Å²) in [6.45, 7) is 5.73. The van der Waals surface area contributed by atoms with Crippen LogP contribution in [0.3, 0.4) is 0 Å². The number of aryl methyl sites for hydroxylation is 1. The molecule has 0 spiro atoms. The standard InChI is InChI=1S/C18H22N2O3S/c1-4-20(24(22,23)5-2)17-12-8-15(9-13-17)18(21)19-16-10-6-14(3)7-11-16/h6-13H,4-5H2,1-3H3,(H,19,21). The second kappa shape index (κ2) is 7.49. The van der Waals surface area contributed by atoms with Gasteiger partial charge in [-0.1, -0.05) is 17.7 Å². The minimum Gasteiger partial charge on any atom is -0.322 e. The summed E-state index contributed by atoms with van der Waals surface area (Å²) in [4.78, 5) is 12.3. The number of rotatable bonds is 6. The van der Waals surface area contributed by atoms with Gasteiger partial charge in [-0.25, -0.2) is 8.42 Å². The van der Waals surface area contributed by atoms with Crippen LogP contribution in [0.2, 0.25) is 0 Å². The Balaban J connectivity index is 2.16. The van der Waals surface area contributed by atoms with Crippen LogP contribution in [0.15, 0.2) is 48.5 Å². The van der Waals surface area contributed by atoms with Crippen LogP contribution in [-0.2, 0) is 10.0 Å². The van der Waals surface area contributed by atoms with Crippen LogP contribution < -0.4 is 9.62 Å². The molecule has 1 amide bonds. The summed E-state index contributed by atoms with van der Waals surface area (Å²) in [7, 11) is -3.32. The van der Waals surface area contributed by atoms with E-state index in [0.717, 1.165) is 11.3 Å². The Morgan fingerprint density at radius 3 is 2.08 bits per heavy atom. The van der Waals surface area contributed by atoms with Gasteiger partial charge in [-0.15, -0.1) is 0 Å². The molecule has 2 aromatic rings. The molecule has 128 valence electrons. The minimum absolute atomic E-state index is 0.0382. The highest BCUT2D eigenvalue weighted by Gasteiger charge is 2.18. The summed E-state index contributed by atoms with van der Waals surface area (Å²) in [6, 6.07) is 14.1. The fourth-order valence-corrected chi connectivity index (χ4v) is 3.46. The van der Waals surface area contributed by atoms with Crippen molar-refractivity contribution in [2.75, 3.05) is 21.9 Å². The fourth-order valence-electron chi connectivity index (χ4n) is 2.31. The topological polar surface area (TPSA) is 66.5 Å². The number of anilines is 2. The fraction of sp³-hybridized carbons (Fsp3) is 0.278. The molecule has 0 heterocycles. The summed E-state index contributed by atoms with van der Waals surface area (Å²) in [5, 5.41) is 2.82. The van der Waals surface area contributed by atoms with Gasteiger partial charge in [-0.05, 0) is 57.2 Å². The molecule has 0 unspecified atom stereocenters. The van der Waals surface area contributed by atoms with Crippen LogP contribution >= 0.6 is 0 Å². The van der Waals surface area contributed by atoms with Gasteiger partial charge in [0.1, 0.15) is 0 Å². The molecule has 0 aliphatic rings. The van der Waals surface area contributed by atoms with Crippen LogP contribution in [0, 0.1) is 6.92 Å². The second-order valence-corrected chi connectivity index (χ2v) is 7.61. The van der Waals surface area contributed by atoms with Crippen LogP contribution in [0.4, 0.5) is 11.4 Å². The number of nitrogens with zero attached hydrogens (tertiary/aromatic N) is 1. The summed E-state index contributed by atoms with van der Waals surface area (Å²) in [5.74, 6) is -0.192. The highest BCUT2D eigenvalue weighted by Crippen LogP contribution is 2.19. The maximum absolute atomic E-state index is 12.3. The van der Waals surface area contributed by atoms with Gasteiger partial charge in [0.2, 0.25) is 10.0 Å². The van der Waals surface area contributed by atoms with Gasteiger partial charge in [-0.3, -0.25) is 9.10 Å². The zero-order valence-electron chi connectivity index (χ0n) is 14.1. The molecular weight excluding hydrogens is 324 g/mol.